The largest absolute Gasteiger partial charge is 0.514 e. The van der Waals surface area contributed by atoms with Gasteiger partial charge in [0.1, 0.15) is 0 Å². The van der Waals surface area contributed by atoms with Gasteiger partial charge in [0.2, 0.25) is 5.78 Å². The molecule has 0 aromatic heterocycles. The summed E-state index contributed by atoms with van der Waals surface area (Å²) in [7, 11) is 0. The number of rotatable bonds is 4. The molecule has 0 aliphatic rings. The van der Waals surface area contributed by atoms with Crippen molar-refractivity contribution in [2.45, 2.75) is 19.4 Å². The van der Waals surface area contributed by atoms with Crippen LogP contribution in [-0.4, -0.2) is 17.5 Å². The summed E-state index contributed by atoms with van der Waals surface area (Å²) < 4.78 is 9.33. The standard InChI is InChI=1S/C13H14O4/c1-4-16-12(15)17-13(2,3)11(14)10-8-6-5-7-9-10/h4-9H,1H2,2-3H3. The minimum absolute atomic E-state index is 0.292. The van der Waals surface area contributed by atoms with Crippen LogP contribution in [0.3, 0.4) is 0 Å². The van der Waals surface area contributed by atoms with Crippen LogP contribution in [0.15, 0.2) is 43.2 Å². The van der Waals surface area contributed by atoms with E-state index in [1.807, 2.05) is 0 Å². The second kappa shape index (κ2) is 5.30. The fraction of sp³-hybridized carbons (Fsp3) is 0.231. The summed E-state index contributed by atoms with van der Waals surface area (Å²) in [5.41, 5.74) is -0.801. The average Bonchev–Trinajstić information content (AvgIpc) is 2.28. The van der Waals surface area contributed by atoms with Crippen LogP contribution < -0.4 is 0 Å². The molecule has 0 atom stereocenters. The quantitative estimate of drug-likeness (QED) is 0.456. The van der Waals surface area contributed by atoms with Crippen LogP contribution in [0, 0.1) is 0 Å². The molecule has 0 bridgehead atoms. The number of ether oxygens (including phenoxy) is 2. The van der Waals surface area contributed by atoms with E-state index in [1.165, 1.54) is 13.8 Å². The van der Waals surface area contributed by atoms with Gasteiger partial charge in [-0.1, -0.05) is 36.9 Å². The van der Waals surface area contributed by atoms with E-state index in [1.54, 1.807) is 30.3 Å². The lowest BCUT2D eigenvalue weighted by Crippen LogP contribution is -2.37. The number of carbonyl (C=O) groups excluding carboxylic acids is 2. The first-order valence-electron chi connectivity index (χ1n) is 5.08. The van der Waals surface area contributed by atoms with E-state index in [4.69, 9.17) is 4.74 Å². The van der Waals surface area contributed by atoms with Crippen LogP contribution in [0.4, 0.5) is 4.79 Å². The van der Waals surface area contributed by atoms with Crippen LogP contribution in [0.5, 0.6) is 0 Å². The topological polar surface area (TPSA) is 52.6 Å². The van der Waals surface area contributed by atoms with Gasteiger partial charge >= 0.3 is 6.16 Å². The molecule has 17 heavy (non-hydrogen) atoms. The van der Waals surface area contributed by atoms with Crippen LogP contribution in [0.1, 0.15) is 24.2 Å². The SMILES string of the molecule is C=COC(=O)OC(C)(C)C(=O)c1ccccc1. The minimum atomic E-state index is -1.28. The number of hydrogen-bond donors (Lipinski definition) is 0. The van der Waals surface area contributed by atoms with Crippen molar-refractivity contribution in [1.29, 1.82) is 0 Å². The molecule has 0 radical (unpaired) electrons. The number of benzene rings is 1. The summed E-state index contributed by atoms with van der Waals surface area (Å²) >= 11 is 0. The van der Waals surface area contributed by atoms with E-state index >= 15 is 0 Å². The summed E-state index contributed by atoms with van der Waals surface area (Å²) in [6.07, 6.45) is 0.0000685. The van der Waals surface area contributed by atoms with Gasteiger partial charge < -0.3 is 9.47 Å². The molecule has 0 aliphatic heterocycles. The Labute approximate surface area is 99.8 Å². The van der Waals surface area contributed by atoms with Crippen molar-refractivity contribution < 1.29 is 19.1 Å². The zero-order valence-electron chi connectivity index (χ0n) is 9.80. The summed E-state index contributed by atoms with van der Waals surface area (Å²) in [5.74, 6) is -0.292. The highest BCUT2D eigenvalue weighted by atomic mass is 16.7. The average molecular weight is 234 g/mol. The fourth-order valence-electron chi connectivity index (χ4n) is 1.28. The molecule has 0 N–H and O–H groups in total. The highest BCUT2D eigenvalue weighted by Gasteiger charge is 2.33. The van der Waals surface area contributed by atoms with Crippen molar-refractivity contribution in [3.8, 4) is 0 Å². The van der Waals surface area contributed by atoms with Gasteiger partial charge in [0, 0.05) is 5.56 Å². The monoisotopic (exact) mass is 234 g/mol. The highest BCUT2D eigenvalue weighted by molar-refractivity contribution is 6.02. The summed E-state index contributed by atoms with van der Waals surface area (Å²) in [6.45, 7) is 6.24. The smallest absolute Gasteiger partial charge is 0.420 e. The van der Waals surface area contributed by atoms with Crippen molar-refractivity contribution in [3.63, 3.8) is 0 Å². The fourth-order valence-corrected chi connectivity index (χ4v) is 1.28. The maximum atomic E-state index is 12.0. The van der Waals surface area contributed by atoms with E-state index in [2.05, 4.69) is 11.3 Å². The second-order valence-electron chi connectivity index (χ2n) is 3.84. The predicted octanol–water partition coefficient (Wildman–Crippen LogP) is 2.94. The lowest BCUT2D eigenvalue weighted by molar-refractivity contribution is 0.00616. The lowest BCUT2D eigenvalue weighted by Gasteiger charge is -2.22. The van der Waals surface area contributed by atoms with Crippen molar-refractivity contribution in [2.24, 2.45) is 0 Å². The molecule has 1 aromatic carbocycles. The van der Waals surface area contributed by atoms with Crippen LogP contribution >= 0.6 is 0 Å². The Morgan fingerprint density at radius 3 is 2.35 bits per heavy atom. The maximum Gasteiger partial charge on any atom is 0.514 e. The van der Waals surface area contributed by atoms with Gasteiger partial charge in [-0.3, -0.25) is 4.79 Å². The van der Waals surface area contributed by atoms with Gasteiger partial charge in [0.05, 0.1) is 6.26 Å². The van der Waals surface area contributed by atoms with Crippen LogP contribution in [0.2, 0.25) is 0 Å². The molecule has 90 valence electrons. The molecule has 0 aliphatic carbocycles. The summed E-state index contributed by atoms with van der Waals surface area (Å²) in [4.78, 5) is 23.2. The molecule has 0 saturated carbocycles. The zero-order valence-corrected chi connectivity index (χ0v) is 9.80. The van der Waals surface area contributed by atoms with Gasteiger partial charge in [-0.2, -0.15) is 0 Å². The van der Waals surface area contributed by atoms with Gasteiger partial charge in [-0.05, 0) is 13.8 Å². The molecule has 0 saturated heterocycles. The Morgan fingerprint density at radius 1 is 1.24 bits per heavy atom. The van der Waals surface area contributed by atoms with Crippen molar-refractivity contribution in [1.82, 2.24) is 0 Å². The van der Waals surface area contributed by atoms with E-state index in [9.17, 15) is 9.59 Å². The van der Waals surface area contributed by atoms with Gasteiger partial charge in [0.15, 0.2) is 5.60 Å². The summed E-state index contributed by atoms with van der Waals surface area (Å²) in [6, 6.07) is 8.60. The molecule has 1 rings (SSSR count). The minimum Gasteiger partial charge on any atom is -0.420 e. The first-order chi connectivity index (χ1) is 7.97. The highest BCUT2D eigenvalue weighted by Crippen LogP contribution is 2.17. The van der Waals surface area contributed by atoms with Crippen molar-refractivity contribution in [2.75, 3.05) is 0 Å². The second-order valence-corrected chi connectivity index (χ2v) is 3.84. The van der Waals surface area contributed by atoms with E-state index in [0.717, 1.165) is 6.26 Å². The molecular formula is C13H14O4. The predicted molar refractivity (Wildman–Crippen MR) is 62.6 cm³/mol. The molecule has 0 heterocycles. The Balaban J connectivity index is 2.80. The Kier molecular flexibility index (Phi) is 4.04. The third kappa shape index (κ3) is 3.45. The lowest BCUT2D eigenvalue weighted by atomic mass is 9.97. The van der Waals surface area contributed by atoms with Gasteiger partial charge in [-0.15, -0.1) is 0 Å². The normalized spacial score (nSPS) is 10.5. The van der Waals surface area contributed by atoms with Gasteiger partial charge in [-0.25, -0.2) is 4.79 Å². The Bertz CT molecular complexity index is 420. The molecular weight excluding hydrogens is 220 g/mol. The van der Waals surface area contributed by atoms with E-state index in [0.29, 0.717) is 5.56 Å². The van der Waals surface area contributed by atoms with Gasteiger partial charge in [0.25, 0.3) is 0 Å². The summed E-state index contributed by atoms with van der Waals surface area (Å²) in [5, 5.41) is 0. The number of Topliss-reactive ketones (excluding diaryl/α,β-unsaturated/α-hetero) is 1. The first-order valence-corrected chi connectivity index (χ1v) is 5.08. The molecule has 0 amide bonds. The third-order valence-corrected chi connectivity index (χ3v) is 2.10. The Morgan fingerprint density at radius 2 is 1.82 bits per heavy atom. The van der Waals surface area contributed by atoms with Crippen molar-refractivity contribution >= 4 is 11.9 Å². The van der Waals surface area contributed by atoms with E-state index < -0.39 is 11.8 Å². The molecule has 0 fully saturated rings. The van der Waals surface area contributed by atoms with Crippen molar-refractivity contribution in [3.05, 3.63) is 48.7 Å². The molecule has 4 heteroatoms. The molecule has 0 unspecified atom stereocenters. The van der Waals surface area contributed by atoms with Crippen LogP contribution in [-0.2, 0) is 9.47 Å². The molecule has 0 spiro atoms. The first kappa shape index (κ1) is 13.0. The maximum absolute atomic E-state index is 12.0. The van der Waals surface area contributed by atoms with Crippen LogP contribution in [0.25, 0.3) is 0 Å². The third-order valence-electron chi connectivity index (χ3n) is 2.10. The van der Waals surface area contributed by atoms with E-state index in [-0.39, 0.29) is 5.78 Å². The Hall–Kier alpha value is -2.10. The number of carbonyl (C=O) groups is 2. The number of ketones is 1. The zero-order chi connectivity index (χ0) is 12.9. The molecule has 4 nitrogen and oxygen atoms in total. The molecule has 1 aromatic rings. The number of hydrogen-bond acceptors (Lipinski definition) is 4.